The second-order valence-corrected chi connectivity index (χ2v) is 4.30. The van der Waals surface area contributed by atoms with Crippen molar-refractivity contribution in [3.63, 3.8) is 0 Å². The summed E-state index contributed by atoms with van der Waals surface area (Å²) in [6.07, 6.45) is 1.49. The Balaban J connectivity index is 2.19. The molecular weight excluding hydrogens is 256 g/mol. The first-order chi connectivity index (χ1) is 9.69. The van der Waals surface area contributed by atoms with E-state index >= 15 is 0 Å². The lowest BCUT2D eigenvalue weighted by molar-refractivity contribution is 0.0587. The molecule has 0 N–H and O–H groups in total. The molecule has 0 saturated carbocycles. The number of carbonyl (C=O) groups excluding carboxylic acids is 1. The van der Waals surface area contributed by atoms with Gasteiger partial charge in [0.05, 0.1) is 18.3 Å². The maximum Gasteiger partial charge on any atom is 0.377 e. The molecule has 0 amide bonds. The van der Waals surface area contributed by atoms with Crippen LogP contribution in [-0.4, -0.2) is 32.8 Å². The van der Waals surface area contributed by atoms with Crippen LogP contribution in [0.2, 0.25) is 0 Å². The third-order valence-electron chi connectivity index (χ3n) is 2.93. The second kappa shape index (κ2) is 4.73. The molecule has 2 aromatic heterocycles. The number of hydrogen-bond donors (Lipinski definition) is 0. The van der Waals surface area contributed by atoms with Crippen molar-refractivity contribution in [1.82, 2.24) is 19.7 Å². The number of esters is 1. The standard InChI is InChI=1S/C14H12N4O2/c1-9-7-12(10-5-3-4-6-11(10)16-9)18-8-15-13(17-18)14(19)20-2/h3-8H,1-2H3. The lowest BCUT2D eigenvalue weighted by Crippen LogP contribution is -2.05. The Morgan fingerprint density at radius 2 is 2.10 bits per heavy atom. The molecule has 0 radical (unpaired) electrons. The van der Waals surface area contributed by atoms with Crippen molar-refractivity contribution < 1.29 is 9.53 Å². The number of aromatic nitrogens is 4. The molecule has 2 heterocycles. The molecule has 0 unspecified atom stereocenters. The Bertz CT molecular complexity index is 795. The van der Waals surface area contributed by atoms with E-state index in [1.165, 1.54) is 13.4 Å². The van der Waals surface area contributed by atoms with Crippen molar-refractivity contribution in [2.45, 2.75) is 6.92 Å². The highest BCUT2D eigenvalue weighted by atomic mass is 16.5. The van der Waals surface area contributed by atoms with Crippen LogP contribution in [0.15, 0.2) is 36.7 Å². The quantitative estimate of drug-likeness (QED) is 0.664. The number of carbonyl (C=O) groups is 1. The Hall–Kier alpha value is -2.76. The van der Waals surface area contributed by atoms with Crippen LogP contribution in [0.3, 0.4) is 0 Å². The summed E-state index contributed by atoms with van der Waals surface area (Å²) in [5, 5.41) is 5.09. The van der Waals surface area contributed by atoms with Crippen LogP contribution in [0.25, 0.3) is 16.6 Å². The molecule has 0 aliphatic carbocycles. The summed E-state index contributed by atoms with van der Waals surface area (Å²) in [6, 6.07) is 9.65. The normalized spacial score (nSPS) is 10.7. The summed E-state index contributed by atoms with van der Waals surface area (Å²) >= 11 is 0. The molecule has 0 spiro atoms. The van der Waals surface area contributed by atoms with E-state index < -0.39 is 5.97 Å². The van der Waals surface area contributed by atoms with Crippen molar-refractivity contribution in [2.24, 2.45) is 0 Å². The summed E-state index contributed by atoms with van der Waals surface area (Å²) in [5.41, 5.74) is 2.57. The molecule has 0 fully saturated rings. The lowest BCUT2D eigenvalue weighted by Gasteiger charge is -2.06. The molecule has 6 nitrogen and oxygen atoms in total. The fraction of sp³-hybridized carbons (Fsp3) is 0.143. The van der Waals surface area contributed by atoms with Gasteiger partial charge in [0.1, 0.15) is 6.33 Å². The van der Waals surface area contributed by atoms with Gasteiger partial charge in [0.25, 0.3) is 5.82 Å². The smallest absolute Gasteiger partial charge is 0.377 e. The number of rotatable bonds is 2. The summed E-state index contributed by atoms with van der Waals surface area (Å²) in [5.74, 6) is -0.523. The van der Waals surface area contributed by atoms with Gasteiger partial charge >= 0.3 is 5.97 Å². The summed E-state index contributed by atoms with van der Waals surface area (Å²) in [4.78, 5) is 19.8. The lowest BCUT2D eigenvalue weighted by atomic mass is 10.1. The summed E-state index contributed by atoms with van der Waals surface area (Å²) in [7, 11) is 1.30. The minimum absolute atomic E-state index is 0.0334. The molecule has 1 aromatic carbocycles. The average Bonchev–Trinajstić information content (AvgIpc) is 2.95. The zero-order valence-electron chi connectivity index (χ0n) is 11.1. The fourth-order valence-corrected chi connectivity index (χ4v) is 2.04. The number of benzene rings is 1. The predicted molar refractivity (Wildman–Crippen MR) is 72.7 cm³/mol. The van der Waals surface area contributed by atoms with Crippen molar-refractivity contribution in [3.05, 3.63) is 48.2 Å². The Morgan fingerprint density at radius 1 is 1.30 bits per heavy atom. The van der Waals surface area contributed by atoms with Crippen LogP contribution in [-0.2, 0) is 4.74 Å². The van der Waals surface area contributed by atoms with Gasteiger partial charge < -0.3 is 4.74 Å². The zero-order chi connectivity index (χ0) is 14.1. The van der Waals surface area contributed by atoms with Crippen molar-refractivity contribution in [1.29, 1.82) is 0 Å². The summed E-state index contributed by atoms with van der Waals surface area (Å²) in [6.45, 7) is 1.91. The molecule has 0 aliphatic rings. The number of hydrogen-bond acceptors (Lipinski definition) is 5. The Morgan fingerprint density at radius 3 is 2.90 bits per heavy atom. The van der Waals surface area contributed by atoms with Crippen molar-refractivity contribution >= 4 is 16.9 Å². The number of ether oxygens (including phenoxy) is 1. The minimum Gasteiger partial charge on any atom is -0.463 e. The van der Waals surface area contributed by atoms with Crippen LogP contribution in [0.1, 0.15) is 16.3 Å². The number of aryl methyl sites for hydroxylation is 1. The van der Waals surface area contributed by atoms with Crippen molar-refractivity contribution in [3.8, 4) is 5.69 Å². The zero-order valence-corrected chi connectivity index (χ0v) is 11.1. The molecule has 0 bridgehead atoms. The Labute approximate surface area is 115 Å². The van der Waals surface area contributed by atoms with Gasteiger partial charge in [0, 0.05) is 11.1 Å². The summed E-state index contributed by atoms with van der Waals surface area (Å²) < 4.78 is 6.17. The van der Waals surface area contributed by atoms with Gasteiger partial charge in [0.2, 0.25) is 0 Å². The van der Waals surface area contributed by atoms with Gasteiger partial charge in [-0.3, -0.25) is 4.98 Å². The first-order valence-electron chi connectivity index (χ1n) is 6.06. The maximum absolute atomic E-state index is 11.4. The second-order valence-electron chi connectivity index (χ2n) is 4.30. The van der Waals surface area contributed by atoms with E-state index in [0.29, 0.717) is 0 Å². The number of methoxy groups -OCH3 is 1. The highest BCUT2D eigenvalue weighted by Gasteiger charge is 2.13. The largest absolute Gasteiger partial charge is 0.463 e. The van der Waals surface area contributed by atoms with Gasteiger partial charge in [-0.2, -0.15) is 0 Å². The highest BCUT2D eigenvalue weighted by Crippen LogP contribution is 2.21. The predicted octanol–water partition coefficient (Wildman–Crippen LogP) is 1.91. The maximum atomic E-state index is 11.4. The number of pyridine rings is 1. The van der Waals surface area contributed by atoms with Crippen LogP contribution in [0.5, 0.6) is 0 Å². The topological polar surface area (TPSA) is 69.9 Å². The van der Waals surface area contributed by atoms with E-state index in [4.69, 9.17) is 0 Å². The van der Waals surface area contributed by atoms with Crippen LogP contribution >= 0.6 is 0 Å². The first-order valence-corrected chi connectivity index (χ1v) is 6.06. The molecule has 20 heavy (non-hydrogen) atoms. The molecule has 3 rings (SSSR count). The molecule has 3 aromatic rings. The van der Waals surface area contributed by atoms with Crippen LogP contribution in [0.4, 0.5) is 0 Å². The molecule has 0 aliphatic heterocycles. The molecular formula is C14H12N4O2. The Kier molecular flexibility index (Phi) is 2.90. The third kappa shape index (κ3) is 2.01. The highest BCUT2D eigenvalue weighted by molar-refractivity contribution is 5.88. The van der Waals surface area contributed by atoms with Gasteiger partial charge in [-0.05, 0) is 19.1 Å². The van der Waals surface area contributed by atoms with Crippen molar-refractivity contribution in [2.75, 3.05) is 7.11 Å². The van der Waals surface area contributed by atoms with Gasteiger partial charge in [-0.25, -0.2) is 14.5 Å². The van der Waals surface area contributed by atoms with Crippen LogP contribution < -0.4 is 0 Å². The number of nitrogens with zero attached hydrogens (tertiary/aromatic N) is 4. The van der Waals surface area contributed by atoms with E-state index in [9.17, 15) is 4.79 Å². The molecule has 100 valence electrons. The van der Waals surface area contributed by atoms with E-state index in [1.54, 1.807) is 4.68 Å². The molecule has 0 saturated heterocycles. The van der Waals surface area contributed by atoms with Crippen LogP contribution in [0, 0.1) is 6.92 Å². The van der Waals surface area contributed by atoms with E-state index in [1.807, 2.05) is 37.3 Å². The van der Waals surface area contributed by atoms with E-state index in [0.717, 1.165) is 22.3 Å². The number of fused-ring (bicyclic) bond motifs is 1. The van der Waals surface area contributed by atoms with Gasteiger partial charge in [-0.1, -0.05) is 18.2 Å². The minimum atomic E-state index is -0.557. The number of para-hydroxylation sites is 1. The van der Waals surface area contributed by atoms with Gasteiger partial charge in [-0.15, -0.1) is 5.10 Å². The molecule has 0 atom stereocenters. The first kappa shape index (κ1) is 12.3. The fourth-order valence-electron chi connectivity index (χ4n) is 2.04. The van der Waals surface area contributed by atoms with Gasteiger partial charge in [0.15, 0.2) is 0 Å². The van der Waals surface area contributed by atoms with E-state index in [2.05, 4.69) is 19.8 Å². The SMILES string of the molecule is COC(=O)c1ncn(-c2cc(C)nc3ccccc23)n1. The monoisotopic (exact) mass is 268 g/mol. The molecule has 6 heteroatoms. The van der Waals surface area contributed by atoms with E-state index in [-0.39, 0.29) is 5.82 Å². The third-order valence-corrected chi connectivity index (χ3v) is 2.93. The average molecular weight is 268 g/mol.